The summed E-state index contributed by atoms with van der Waals surface area (Å²) in [6.07, 6.45) is 0. The van der Waals surface area contributed by atoms with Crippen molar-refractivity contribution in [3.05, 3.63) is 30.3 Å². The first kappa shape index (κ1) is 10.2. The summed E-state index contributed by atoms with van der Waals surface area (Å²) >= 11 is 1.52. The number of fused-ring (bicyclic) bond motifs is 1. The number of aromatic hydroxyl groups is 2. The molecule has 0 atom stereocenters. The molecule has 78 valence electrons. The van der Waals surface area contributed by atoms with Crippen LogP contribution in [0.25, 0.3) is 10.8 Å². The highest BCUT2D eigenvalue weighted by Gasteiger charge is 2.09. The van der Waals surface area contributed by atoms with Crippen LogP contribution in [0.15, 0.2) is 35.2 Å². The smallest absolute Gasteiger partial charge is 0.137 e. The van der Waals surface area contributed by atoms with Crippen molar-refractivity contribution in [2.45, 2.75) is 11.8 Å². The zero-order valence-corrected chi connectivity index (χ0v) is 9.21. The van der Waals surface area contributed by atoms with E-state index in [-0.39, 0.29) is 11.5 Å². The molecule has 15 heavy (non-hydrogen) atoms. The largest absolute Gasteiger partial charge is 0.507 e. The van der Waals surface area contributed by atoms with Crippen LogP contribution in [0.3, 0.4) is 0 Å². The summed E-state index contributed by atoms with van der Waals surface area (Å²) in [6, 6.07) is 8.91. The minimum atomic E-state index is 0.222. The summed E-state index contributed by atoms with van der Waals surface area (Å²) in [4.78, 5) is 0.730. The van der Waals surface area contributed by atoms with Crippen molar-refractivity contribution in [2.75, 3.05) is 5.75 Å². The molecule has 0 bridgehead atoms. The molecule has 0 aromatic heterocycles. The van der Waals surface area contributed by atoms with E-state index in [0.29, 0.717) is 10.8 Å². The van der Waals surface area contributed by atoms with Gasteiger partial charge in [0.2, 0.25) is 0 Å². The van der Waals surface area contributed by atoms with Gasteiger partial charge in [-0.25, -0.2) is 0 Å². The van der Waals surface area contributed by atoms with Crippen LogP contribution in [0.1, 0.15) is 6.92 Å². The Balaban J connectivity index is 2.72. The quantitative estimate of drug-likeness (QED) is 0.602. The Morgan fingerprint density at radius 2 is 1.80 bits per heavy atom. The molecule has 0 radical (unpaired) electrons. The normalized spacial score (nSPS) is 10.7. The number of phenolic OH excluding ortho intramolecular Hbond substituents is 2. The van der Waals surface area contributed by atoms with Crippen LogP contribution in [-0.4, -0.2) is 16.0 Å². The van der Waals surface area contributed by atoms with Crippen LogP contribution in [0.2, 0.25) is 0 Å². The third-order valence-electron chi connectivity index (χ3n) is 2.26. The third-order valence-corrected chi connectivity index (χ3v) is 3.17. The van der Waals surface area contributed by atoms with E-state index < -0.39 is 0 Å². The molecule has 0 aliphatic carbocycles. The summed E-state index contributed by atoms with van der Waals surface area (Å²) in [5.41, 5.74) is 0. The number of hydrogen-bond donors (Lipinski definition) is 2. The predicted molar refractivity (Wildman–Crippen MR) is 63.7 cm³/mol. The highest BCUT2D eigenvalue weighted by atomic mass is 32.2. The molecule has 0 saturated carbocycles. The molecule has 0 fully saturated rings. The Morgan fingerprint density at radius 3 is 2.47 bits per heavy atom. The van der Waals surface area contributed by atoms with Gasteiger partial charge in [-0.1, -0.05) is 31.2 Å². The second-order valence-corrected chi connectivity index (χ2v) is 4.53. The maximum atomic E-state index is 9.97. The van der Waals surface area contributed by atoms with Gasteiger partial charge in [0.05, 0.1) is 4.90 Å². The molecule has 0 unspecified atom stereocenters. The topological polar surface area (TPSA) is 40.5 Å². The molecule has 2 rings (SSSR count). The van der Waals surface area contributed by atoms with Crippen molar-refractivity contribution in [1.29, 1.82) is 0 Å². The van der Waals surface area contributed by atoms with Gasteiger partial charge < -0.3 is 10.2 Å². The first-order valence-electron chi connectivity index (χ1n) is 4.80. The highest BCUT2D eigenvalue weighted by Crippen LogP contribution is 2.39. The summed E-state index contributed by atoms with van der Waals surface area (Å²) in [5, 5.41) is 21.1. The van der Waals surface area contributed by atoms with Gasteiger partial charge in [-0.3, -0.25) is 0 Å². The monoisotopic (exact) mass is 220 g/mol. The molecule has 0 amide bonds. The van der Waals surface area contributed by atoms with Gasteiger partial charge in [0.15, 0.2) is 0 Å². The van der Waals surface area contributed by atoms with E-state index in [4.69, 9.17) is 0 Å². The molecule has 0 spiro atoms. The average molecular weight is 220 g/mol. The summed E-state index contributed by atoms with van der Waals surface area (Å²) in [6.45, 7) is 2.01. The fourth-order valence-electron chi connectivity index (χ4n) is 1.58. The lowest BCUT2D eigenvalue weighted by molar-refractivity contribution is 0.458. The number of hydrogen-bond acceptors (Lipinski definition) is 3. The van der Waals surface area contributed by atoms with E-state index in [9.17, 15) is 10.2 Å². The molecule has 0 aliphatic rings. The maximum absolute atomic E-state index is 9.97. The van der Waals surface area contributed by atoms with Crippen LogP contribution >= 0.6 is 11.8 Å². The lowest BCUT2D eigenvalue weighted by Gasteiger charge is -2.08. The first-order valence-corrected chi connectivity index (χ1v) is 5.79. The zero-order valence-electron chi connectivity index (χ0n) is 8.40. The van der Waals surface area contributed by atoms with E-state index >= 15 is 0 Å². The Hall–Kier alpha value is -1.35. The Bertz CT molecular complexity index is 494. The van der Waals surface area contributed by atoms with Crippen molar-refractivity contribution in [3.63, 3.8) is 0 Å². The SMILES string of the molecule is CCSc1cc(O)c2ccccc2c1O. The van der Waals surface area contributed by atoms with E-state index in [1.165, 1.54) is 11.8 Å². The molecule has 2 aromatic rings. The van der Waals surface area contributed by atoms with Crippen molar-refractivity contribution in [1.82, 2.24) is 0 Å². The van der Waals surface area contributed by atoms with Gasteiger partial charge in [-0.15, -0.1) is 11.8 Å². The minimum Gasteiger partial charge on any atom is -0.507 e. The Labute approximate surface area is 92.6 Å². The van der Waals surface area contributed by atoms with Gasteiger partial charge in [0.25, 0.3) is 0 Å². The summed E-state index contributed by atoms with van der Waals surface area (Å²) in [5.74, 6) is 1.35. The number of rotatable bonds is 2. The molecule has 2 nitrogen and oxygen atoms in total. The average Bonchev–Trinajstić information content (AvgIpc) is 2.26. The fourth-order valence-corrected chi connectivity index (χ4v) is 2.33. The second-order valence-electron chi connectivity index (χ2n) is 3.22. The molecule has 2 aromatic carbocycles. The van der Waals surface area contributed by atoms with E-state index in [0.717, 1.165) is 10.6 Å². The molecular weight excluding hydrogens is 208 g/mol. The minimum absolute atomic E-state index is 0.222. The van der Waals surface area contributed by atoms with E-state index in [2.05, 4.69) is 0 Å². The molecule has 3 heteroatoms. The highest BCUT2D eigenvalue weighted by molar-refractivity contribution is 7.99. The zero-order chi connectivity index (χ0) is 10.8. The molecule has 0 heterocycles. The predicted octanol–water partition coefficient (Wildman–Crippen LogP) is 3.36. The molecule has 0 aliphatic heterocycles. The second kappa shape index (κ2) is 4.03. The molecular formula is C12H12O2S. The summed E-state index contributed by atoms with van der Waals surface area (Å²) in [7, 11) is 0. The van der Waals surface area contributed by atoms with Crippen molar-refractivity contribution < 1.29 is 10.2 Å². The van der Waals surface area contributed by atoms with Gasteiger partial charge in [0.1, 0.15) is 11.5 Å². The van der Waals surface area contributed by atoms with Crippen LogP contribution < -0.4 is 0 Å². The first-order chi connectivity index (χ1) is 7.24. The van der Waals surface area contributed by atoms with Crippen LogP contribution in [0.5, 0.6) is 11.5 Å². The van der Waals surface area contributed by atoms with E-state index in [1.807, 2.05) is 25.1 Å². The van der Waals surface area contributed by atoms with Crippen LogP contribution in [0, 0.1) is 0 Å². The third kappa shape index (κ3) is 1.75. The van der Waals surface area contributed by atoms with Crippen LogP contribution in [0.4, 0.5) is 0 Å². The van der Waals surface area contributed by atoms with E-state index in [1.54, 1.807) is 12.1 Å². The molecule has 0 saturated heterocycles. The van der Waals surface area contributed by atoms with Crippen molar-refractivity contribution in [3.8, 4) is 11.5 Å². The number of benzene rings is 2. The van der Waals surface area contributed by atoms with Gasteiger partial charge in [-0.2, -0.15) is 0 Å². The summed E-state index contributed by atoms with van der Waals surface area (Å²) < 4.78 is 0. The van der Waals surface area contributed by atoms with Crippen molar-refractivity contribution in [2.24, 2.45) is 0 Å². The number of phenols is 2. The standard InChI is InChI=1S/C12H12O2S/c1-2-15-11-7-10(13)8-5-3-4-6-9(8)12(11)14/h3-7,13-14H,2H2,1H3. The number of thioether (sulfide) groups is 1. The van der Waals surface area contributed by atoms with Gasteiger partial charge in [0, 0.05) is 10.8 Å². The molecule has 2 N–H and O–H groups in total. The maximum Gasteiger partial charge on any atom is 0.137 e. The Morgan fingerprint density at radius 1 is 1.13 bits per heavy atom. The fraction of sp³-hybridized carbons (Fsp3) is 0.167. The van der Waals surface area contributed by atoms with Crippen LogP contribution in [-0.2, 0) is 0 Å². The lowest BCUT2D eigenvalue weighted by Crippen LogP contribution is -1.80. The van der Waals surface area contributed by atoms with Gasteiger partial charge >= 0.3 is 0 Å². The van der Waals surface area contributed by atoms with Gasteiger partial charge in [-0.05, 0) is 11.8 Å². The van der Waals surface area contributed by atoms with Crippen molar-refractivity contribution >= 4 is 22.5 Å². The Kier molecular flexibility index (Phi) is 2.73. The lowest BCUT2D eigenvalue weighted by atomic mass is 10.1.